The first kappa shape index (κ1) is 20.4. The summed E-state index contributed by atoms with van der Waals surface area (Å²) in [5.41, 5.74) is 0.584. The Morgan fingerprint density at radius 1 is 1.33 bits per heavy atom. The quantitative estimate of drug-likeness (QED) is 0.684. The fourth-order valence-corrected chi connectivity index (χ4v) is 3.38. The van der Waals surface area contributed by atoms with E-state index in [4.69, 9.17) is 10.00 Å². The molecule has 27 heavy (non-hydrogen) atoms. The van der Waals surface area contributed by atoms with Crippen LogP contribution in [0.5, 0.6) is 0 Å². The summed E-state index contributed by atoms with van der Waals surface area (Å²) in [5.74, 6) is -0.351. The van der Waals surface area contributed by atoms with Gasteiger partial charge in [-0.3, -0.25) is 18.7 Å². The number of ketones is 1. The summed E-state index contributed by atoms with van der Waals surface area (Å²) in [6.45, 7) is 7.81. The van der Waals surface area contributed by atoms with Gasteiger partial charge in [-0.1, -0.05) is 0 Å². The van der Waals surface area contributed by atoms with E-state index in [1.54, 1.807) is 26.2 Å². The zero-order valence-electron chi connectivity index (χ0n) is 16.3. The molecule has 0 aliphatic rings. The molecule has 2 heterocycles. The predicted molar refractivity (Wildman–Crippen MR) is 100 cm³/mol. The molecule has 0 aromatic carbocycles. The highest BCUT2D eigenvalue weighted by atomic mass is 16.5. The maximum atomic E-state index is 12.8. The number of rotatable bonds is 7. The van der Waals surface area contributed by atoms with Crippen LogP contribution in [-0.4, -0.2) is 33.2 Å². The molecule has 1 unspecified atom stereocenters. The molecule has 0 saturated carbocycles. The molecule has 0 spiro atoms. The molecule has 0 fully saturated rings. The van der Waals surface area contributed by atoms with Crippen LogP contribution in [0.4, 0.5) is 0 Å². The van der Waals surface area contributed by atoms with Crippen LogP contribution in [0.3, 0.4) is 0 Å². The van der Waals surface area contributed by atoms with Crippen molar-refractivity contribution in [2.75, 3.05) is 13.7 Å². The van der Waals surface area contributed by atoms with Crippen LogP contribution in [0.15, 0.2) is 21.9 Å². The third-order valence-corrected chi connectivity index (χ3v) is 4.63. The third-order valence-electron chi connectivity index (χ3n) is 4.63. The highest BCUT2D eigenvalue weighted by Gasteiger charge is 2.21. The molecule has 1 atom stereocenters. The lowest BCUT2D eigenvalue weighted by molar-refractivity contribution is 0.0967. The molecule has 0 N–H and O–H groups in total. The molecule has 8 heteroatoms. The van der Waals surface area contributed by atoms with Gasteiger partial charge in [0.1, 0.15) is 11.6 Å². The molecule has 2 aromatic rings. The number of carbonyl (C=O) groups excluding carboxylic acids is 1. The van der Waals surface area contributed by atoms with E-state index in [0.29, 0.717) is 18.7 Å². The minimum absolute atomic E-state index is 0.0403. The molecule has 2 rings (SSSR count). The predicted octanol–water partition coefficient (Wildman–Crippen LogP) is 1.41. The third kappa shape index (κ3) is 3.78. The number of hydrogen-bond donors (Lipinski definition) is 0. The van der Waals surface area contributed by atoms with Gasteiger partial charge < -0.3 is 9.30 Å². The van der Waals surface area contributed by atoms with Crippen LogP contribution in [0.1, 0.15) is 47.2 Å². The molecule has 8 nitrogen and oxygen atoms in total. The van der Waals surface area contributed by atoms with Gasteiger partial charge in [0.05, 0.1) is 19.2 Å². The van der Waals surface area contributed by atoms with E-state index in [9.17, 15) is 14.4 Å². The zero-order valence-corrected chi connectivity index (χ0v) is 16.3. The van der Waals surface area contributed by atoms with Crippen LogP contribution >= 0.6 is 0 Å². The molecular formula is C19H24N4O4. The number of aryl methyl sites for hydroxylation is 2. The first-order chi connectivity index (χ1) is 12.8. The van der Waals surface area contributed by atoms with Crippen molar-refractivity contribution >= 4 is 5.78 Å². The smallest absolute Gasteiger partial charge is 0.331 e. The lowest BCUT2D eigenvalue weighted by atomic mass is 10.1. The van der Waals surface area contributed by atoms with Gasteiger partial charge in [-0.15, -0.1) is 0 Å². The number of aromatic nitrogens is 3. The minimum atomic E-state index is -0.748. The number of nitriles is 1. The Hall–Kier alpha value is -2.92. The van der Waals surface area contributed by atoms with E-state index in [2.05, 4.69) is 0 Å². The van der Waals surface area contributed by atoms with Crippen molar-refractivity contribution in [3.8, 4) is 6.07 Å². The number of carbonyl (C=O) groups is 1. The summed E-state index contributed by atoms with van der Waals surface area (Å²) >= 11 is 0. The number of nitrogens with zero attached hydrogens (tertiary/aromatic N) is 4. The Morgan fingerprint density at radius 3 is 2.56 bits per heavy atom. The van der Waals surface area contributed by atoms with E-state index < -0.39 is 17.8 Å². The van der Waals surface area contributed by atoms with Crippen LogP contribution in [0.25, 0.3) is 0 Å². The lowest BCUT2D eigenvalue weighted by Gasteiger charge is -2.17. The summed E-state index contributed by atoms with van der Waals surface area (Å²) in [4.78, 5) is 37.7. The van der Waals surface area contributed by atoms with Gasteiger partial charge >= 0.3 is 5.69 Å². The second kappa shape index (κ2) is 8.18. The Bertz CT molecular complexity index is 1020. The standard InChI is InChI=1S/C19H24N4O4/c1-6-21-9-15(8-20)18(25)22(19(21)26)10-17(24)16-7-12(2)23(14(16)4)13(3)11-27-5/h7,9,13H,6,10-11H2,1-5H3. The topological polar surface area (TPSA) is 99.0 Å². The highest BCUT2D eigenvalue weighted by Crippen LogP contribution is 2.21. The Balaban J connectivity index is 2.48. The number of methoxy groups -OCH3 is 1. The monoisotopic (exact) mass is 372 g/mol. The first-order valence-electron chi connectivity index (χ1n) is 8.71. The maximum absolute atomic E-state index is 12.8. The van der Waals surface area contributed by atoms with Gasteiger partial charge in [-0.2, -0.15) is 5.26 Å². The molecular weight excluding hydrogens is 348 g/mol. The normalized spacial score (nSPS) is 12.0. The Labute approximate surface area is 157 Å². The Morgan fingerprint density at radius 2 is 2.00 bits per heavy atom. The van der Waals surface area contributed by atoms with Crippen molar-refractivity contribution < 1.29 is 9.53 Å². The van der Waals surface area contributed by atoms with Crippen LogP contribution in [0, 0.1) is 25.2 Å². The zero-order chi connectivity index (χ0) is 20.3. The summed E-state index contributed by atoms with van der Waals surface area (Å²) < 4.78 is 9.26. The molecule has 144 valence electrons. The highest BCUT2D eigenvalue weighted by molar-refractivity contribution is 5.97. The van der Waals surface area contributed by atoms with Crippen molar-refractivity contribution in [3.63, 3.8) is 0 Å². The van der Waals surface area contributed by atoms with Crippen molar-refractivity contribution in [1.82, 2.24) is 13.7 Å². The van der Waals surface area contributed by atoms with Crippen molar-refractivity contribution in [3.05, 3.63) is 55.6 Å². The summed E-state index contributed by atoms with van der Waals surface area (Å²) in [6.07, 6.45) is 1.23. The van der Waals surface area contributed by atoms with Gasteiger partial charge in [0.25, 0.3) is 5.56 Å². The van der Waals surface area contributed by atoms with Crippen LogP contribution in [0.2, 0.25) is 0 Å². The number of ether oxygens (including phenoxy) is 1. The van der Waals surface area contributed by atoms with E-state index in [-0.39, 0.29) is 17.4 Å². The molecule has 2 aromatic heterocycles. The van der Waals surface area contributed by atoms with Gasteiger partial charge in [0, 0.05) is 36.8 Å². The largest absolute Gasteiger partial charge is 0.383 e. The van der Waals surface area contributed by atoms with Gasteiger partial charge in [0.15, 0.2) is 5.78 Å². The SMILES string of the molecule is CCn1cc(C#N)c(=O)n(CC(=O)c2cc(C)n(C(C)COC)c2C)c1=O. The summed E-state index contributed by atoms with van der Waals surface area (Å²) in [5, 5.41) is 9.12. The minimum Gasteiger partial charge on any atom is -0.383 e. The van der Waals surface area contributed by atoms with Crippen molar-refractivity contribution in [2.24, 2.45) is 0 Å². The van der Waals surface area contributed by atoms with E-state index >= 15 is 0 Å². The number of hydrogen-bond acceptors (Lipinski definition) is 5. The summed E-state index contributed by atoms with van der Waals surface area (Å²) in [7, 11) is 1.62. The average Bonchev–Trinajstić information content (AvgIpc) is 2.93. The molecule has 0 aliphatic carbocycles. The lowest BCUT2D eigenvalue weighted by Crippen LogP contribution is -2.42. The van der Waals surface area contributed by atoms with E-state index in [0.717, 1.165) is 16.0 Å². The summed E-state index contributed by atoms with van der Waals surface area (Å²) in [6, 6.07) is 3.57. The van der Waals surface area contributed by atoms with Crippen molar-refractivity contribution in [2.45, 2.75) is 46.8 Å². The fourth-order valence-electron chi connectivity index (χ4n) is 3.38. The molecule has 0 aliphatic heterocycles. The van der Waals surface area contributed by atoms with Crippen molar-refractivity contribution in [1.29, 1.82) is 5.26 Å². The Kier molecular flexibility index (Phi) is 6.18. The van der Waals surface area contributed by atoms with Gasteiger partial charge in [0.2, 0.25) is 0 Å². The molecule has 0 bridgehead atoms. The van der Waals surface area contributed by atoms with Gasteiger partial charge in [-0.05, 0) is 33.8 Å². The number of Topliss-reactive ketones (excluding diaryl/α,β-unsaturated/α-hetero) is 1. The van der Waals surface area contributed by atoms with Crippen LogP contribution in [-0.2, 0) is 17.8 Å². The maximum Gasteiger partial charge on any atom is 0.331 e. The fraction of sp³-hybridized carbons (Fsp3) is 0.474. The van der Waals surface area contributed by atoms with Crippen LogP contribution < -0.4 is 11.2 Å². The second-order valence-corrected chi connectivity index (χ2v) is 6.50. The van der Waals surface area contributed by atoms with E-state index in [1.807, 2.05) is 25.3 Å². The second-order valence-electron chi connectivity index (χ2n) is 6.50. The molecule has 0 amide bonds. The van der Waals surface area contributed by atoms with Gasteiger partial charge in [-0.25, -0.2) is 4.79 Å². The average molecular weight is 372 g/mol. The molecule has 0 radical (unpaired) electrons. The first-order valence-corrected chi connectivity index (χ1v) is 8.71. The van der Waals surface area contributed by atoms with E-state index in [1.165, 1.54) is 10.8 Å². The molecule has 0 saturated heterocycles.